The van der Waals surface area contributed by atoms with Gasteiger partial charge in [0, 0.05) is 24.3 Å². The van der Waals surface area contributed by atoms with Gasteiger partial charge >= 0.3 is 0 Å². The summed E-state index contributed by atoms with van der Waals surface area (Å²) < 4.78 is 0. The van der Waals surface area contributed by atoms with E-state index in [-0.39, 0.29) is 17.9 Å². The Bertz CT molecular complexity index is 980. The van der Waals surface area contributed by atoms with Gasteiger partial charge in [0.05, 0.1) is 6.04 Å². The summed E-state index contributed by atoms with van der Waals surface area (Å²) in [6.07, 6.45) is 1.52. The lowest BCUT2D eigenvalue weighted by Crippen LogP contribution is -2.40. The van der Waals surface area contributed by atoms with Gasteiger partial charge in [0.15, 0.2) is 0 Å². The molecule has 158 valence electrons. The predicted molar refractivity (Wildman–Crippen MR) is 124 cm³/mol. The maximum absolute atomic E-state index is 13.0. The van der Waals surface area contributed by atoms with E-state index in [1.165, 1.54) is 0 Å². The third-order valence-corrected chi connectivity index (χ3v) is 5.58. The van der Waals surface area contributed by atoms with Gasteiger partial charge in [-0.15, -0.1) is 0 Å². The number of amides is 2. The first-order valence-corrected chi connectivity index (χ1v) is 10.7. The van der Waals surface area contributed by atoms with Gasteiger partial charge in [0.25, 0.3) is 0 Å². The number of carbonyl (C=O) groups excluding carboxylic acids is 2. The van der Waals surface area contributed by atoms with Gasteiger partial charge in [-0.2, -0.15) is 0 Å². The van der Waals surface area contributed by atoms with Gasteiger partial charge in [-0.1, -0.05) is 60.7 Å². The number of nitrogens with one attached hydrogen (secondary N) is 2. The number of nitrogens with zero attached hydrogens (tertiary/aromatic N) is 1. The molecule has 0 spiro atoms. The molecule has 4 rings (SSSR count). The number of anilines is 2. The van der Waals surface area contributed by atoms with Crippen molar-refractivity contribution < 1.29 is 9.59 Å². The lowest BCUT2D eigenvalue weighted by Gasteiger charge is -2.23. The molecular formula is C26H27N3O2. The number of hydrogen-bond donors (Lipinski definition) is 2. The molecule has 5 nitrogen and oxygen atoms in total. The zero-order valence-electron chi connectivity index (χ0n) is 17.6. The molecule has 3 aromatic carbocycles. The first-order chi connectivity index (χ1) is 15.1. The summed E-state index contributed by atoms with van der Waals surface area (Å²) in [6.45, 7) is 2.62. The number of benzene rings is 3. The van der Waals surface area contributed by atoms with Crippen molar-refractivity contribution in [1.82, 2.24) is 5.32 Å². The molecule has 1 fully saturated rings. The van der Waals surface area contributed by atoms with E-state index < -0.39 is 6.04 Å². The summed E-state index contributed by atoms with van der Waals surface area (Å²) in [4.78, 5) is 26.7. The van der Waals surface area contributed by atoms with Crippen molar-refractivity contribution in [3.8, 4) is 0 Å². The van der Waals surface area contributed by atoms with Crippen molar-refractivity contribution in [1.29, 1.82) is 0 Å². The lowest BCUT2D eigenvalue weighted by atomic mass is 9.98. The Morgan fingerprint density at radius 2 is 1.45 bits per heavy atom. The van der Waals surface area contributed by atoms with Crippen LogP contribution in [0.1, 0.15) is 36.9 Å². The summed E-state index contributed by atoms with van der Waals surface area (Å²) in [6, 6.07) is 27.0. The summed E-state index contributed by atoms with van der Waals surface area (Å²) in [5.74, 6) is 0.0813. The van der Waals surface area contributed by atoms with Crippen LogP contribution in [0, 0.1) is 0 Å². The zero-order chi connectivity index (χ0) is 21.6. The summed E-state index contributed by atoms with van der Waals surface area (Å²) in [7, 11) is 0. The highest BCUT2D eigenvalue weighted by Crippen LogP contribution is 2.24. The van der Waals surface area contributed by atoms with Crippen molar-refractivity contribution in [2.45, 2.75) is 31.8 Å². The van der Waals surface area contributed by atoms with Crippen LogP contribution < -0.4 is 15.5 Å². The van der Waals surface area contributed by atoms with E-state index in [0.717, 1.165) is 35.5 Å². The van der Waals surface area contributed by atoms with Gasteiger partial charge in [-0.05, 0) is 48.7 Å². The topological polar surface area (TPSA) is 61.4 Å². The standard InChI is InChI=1S/C26H27N3O2/c1-19(27-22-14-16-23(17-15-22)29-18-8-13-24(29)30)26(31)28-25(20-9-4-2-5-10-20)21-11-6-3-7-12-21/h2-7,9-12,14-17,19,25,27H,8,13,18H2,1H3,(H,28,31). The first-order valence-electron chi connectivity index (χ1n) is 10.7. The van der Waals surface area contributed by atoms with Crippen LogP contribution in [0.3, 0.4) is 0 Å². The van der Waals surface area contributed by atoms with Crippen molar-refractivity contribution >= 4 is 23.2 Å². The normalized spacial score (nSPS) is 14.5. The Morgan fingerprint density at radius 3 is 1.97 bits per heavy atom. The van der Waals surface area contributed by atoms with E-state index in [1.54, 1.807) is 0 Å². The SMILES string of the molecule is CC(Nc1ccc(N2CCCC2=O)cc1)C(=O)NC(c1ccccc1)c1ccccc1. The highest BCUT2D eigenvalue weighted by Gasteiger charge is 2.22. The molecule has 1 aliphatic rings. The van der Waals surface area contributed by atoms with Gasteiger partial charge < -0.3 is 15.5 Å². The quantitative estimate of drug-likeness (QED) is 0.599. The van der Waals surface area contributed by atoms with Gasteiger partial charge in [-0.25, -0.2) is 0 Å². The van der Waals surface area contributed by atoms with Crippen LogP contribution in [0.4, 0.5) is 11.4 Å². The van der Waals surface area contributed by atoms with Crippen molar-refractivity contribution in [2.75, 3.05) is 16.8 Å². The smallest absolute Gasteiger partial charge is 0.242 e. The highest BCUT2D eigenvalue weighted by molar-refractivity contribution is 5.95. The lowest BCUT2D eigenvalue weighted by molar-refractivity contribution is -0.122. The minimum atomic E-state index is -0.422. The van der Waals surface area contributed by atoms with Crippen LogP contribution in [0.2, 0.25) is 0 Å². The second kappa shape index (κ2) is 9.47. The van der Waals surface area contributed by atoms with Crippen LogP contribution in [-0.2, 0) is 9.59 Å². The van der Waals surface area contributed by atoms with Crippen LogP contribution in [0.5, 0.6) is 0 Å². The molecule has 0 aliphatic carbocycles. The molecule has 1 unspecified atom stereocenters. The summed E-state index contributed by atoms with van der Waals surface area (Å²) in [5, 5.41) is 6.44. The van der Waals surface area contributed by atoms with Crippen LogP contribution >= 0.6 is 0 Å². The Balaban J connectivity index is 1.44. The molecule has 0 bridgehead atoms. The Kier molecular flexibility index (Phi) is 6.32. The van der Waals surface area contributed by atoms with Gasteiger partial charge in [0.2, 0.25) is 11.8 Å². The highest BCUT2D eigenvalue weighted by atomic mass is 16.2. The third-order valence-electron chi connectivity index (χ3n) is 5.58. The fourth-order valence-electron chi connectivity index (χ4n) is 3.89. The van der Waals surface area contributed by atoms with E-state index in [2.05, 4.69) is 10.6 Å². The van der Waals surface area contributed by atoms with Crippen molar-refractivity contribution in [2.24, 2.45) is 0 Å². The molecule has 5 heteroatoms. The fraction of sp³-hybridized carbons (Fsp3) is 0.231. The average molecular weight is 414 g/mol. The first kappa shape index (κ1) is 20.7. The van der Waals surface area contributed by atoms with Gasteiger partial charge in [-0.3, -0.25) is 9.59 Å². The molecule has 2 N–H and O–H groups in total. The van der Waals surface area contributed by atoms with Gasteiger partial charge in [0.1, 0.15) is 6.04 Å². The third kappa shape index (κ3) is 4.94. The molecule has 1 aliphatic heterocycles. The van der Waals surface area contributed by atoms with E-state index >= 15 is 0 Å². The molecule has 0 saturated carbocycles. The average Bonchev–Trinajstić information content (AvgIpc) is 3.24. The Labute approximate surface area is 183 Å². The van der Waals surface area contributed by atoms with E-state index in [9.17, 15) is 9.59 Å². The Hall–Kier alpha value is -3.60. The van der Waals surface area contributed by atoms with E-state index in [4.69, 9.17) is 0 Å². The molecule has 1 heterocycles. The largest absolute Gasteiger partial charge is 0.374 e. The minimum Gasteiger partial charge on any atom is -0.374 e. The Morgan fingerprint density at radius 1 is 0.871 bits per heavy atom. The zero-order valence-corrected chi connectivity index (χ0v) is 17.6. The number of rotatable bonds is 7. The van der Waals surface area contributed by atoms with E-state index in [0.29, 0.717) is 6.42 Å². The minimum absolute atomic E-state index is 0.0866. The van der Waals surface area contributed by atoms with Crippen molar-refractivity contribution in [3.05, 3.63) is 96.1 Å². The molecule has 3 aromatic rings. The number of carbonyl (C=O) groups is 2. The molecule has 0 aromatic heterocycles. The van der Waals surface area contributed by atoms with E-state index in [1.807, 2.05) is 96.8 Å². The van der Waals surface area contributed by atoms with Crippen molar-refractivity contribution in [3.63, 3.8) is 0 Å². The fourth-order valence-corrected chi connectivity index (χ4v) is 3.89. The summed E-state index contributed by atoms with van der Waals surface area (Å²) >= 11 is 0. The molecule has 2 amide bonds. The molecule has 1 atom stereocenters. The molecule has 1 saturated heterocycles. The monoisotopic (exact) mass is 413 g/mol. The summed E-state index contributed by atoms with van der Waals surface area (Å²) in [5.41, 5.74) is 3.81. The second-order valence-corrected chi connectivity index (χ2v) is 7.82. The number of hydrogen-bond acceptors (Lipinski definition) is 3. The maximum atomic E-state index is 13.0. The van der Waals surface area contributed by atoms with Crippen LogP contribution in [0.15, 0.2) is 84.9 Å². The second-order valence-electron chi connectivity index (χ2n) is 7.82. The molecule has 0 radical (unpaired) electrons. The molecule has 31 heavy (non-hydrogen) atoms. The van der Waals surface area contributed by atoms with Crippen LogP contribution in [0.25, 0.3) is 0 Å². The molecular weight excluding hydrogens is 386 g/mol. The van der Waals surface area contributed by atoms with Crippen LogP contribution in [-0.4, -0.2) is 24.4 Å². The maximum Gasteiger partial charge on any atom is 0.242 e. The predicted octanol–water partition coefficient (Wildman–Crippen LogP) is 4.52.